The van der Waals surface area contributed by atoms with Crippen molar-refractivity contribution in [1.29, 1.82) is 0 Å². The van der Waals surface area contributed by atoms with Crippen LogP contribution in [-0.4, -0.2) is 34.8 Å². The molecule has 20 heavy (non-hydrogen) atoms. The van der Waals surface area contributed by atoms with Crippen molar-refractivity contribution >= 4 is 10.0 Å². The van der Waals surface area contributed by atoms with E-state index in [0.29, 0.717) is 19.0 Å². The minimum atomic E-state index is -3.48. The summed E-state index contributed by atoms with van der Waals surface area (Å²) in [6.07, 6.45) is 0. The van der Waals surface area contributed by atoms with Gasteiger partial charge in [-0.25, -0.2) is 13.1 Å². The van der Waals surface area contributed by atoms with Crippen LogP contribution in [0.15, 0.2) is 29.2 Å². The van der Waals surface area contributed by atoms with Crippen molar-refractivity contribution in [2.24, 2.45) is 5.92 Å². The van der Waals surface area contributed by atoms with Crippen LogP contribution in [0.5, 0.6) is 5.75 Å². The van der Waals surface area contributed by atoms with Crippen LogP contribution in [0.2, 0.25) is 0 Å². The van der Waals surface area contributed by atoms with Gasteiger partial charge in [0.25, 0.3) is 0 Å². The second-order valence-electron chi connectivity index (χ2n) is 4.97. The van der Waals surface area contributed by atoms with Gasteiger partial charge in [-0.05, 0) is 37.1 Å². The van der Waals surface area contributed by atoms with E-state index < -0.39 is 10.0 Å². The van der Waals surface area contributed by atoms with Crippen LogP contribution in [0, 0.1) is 5.92 Å². The number of sulfonamides is 1. The second kappa shape index (κ2) is 7.61. The monoisotopic (exact) mass is 301 g/mol. The van der Waals surface area contributed by atoms with Crippen LogP contribution < -0.4 is 9.46 Å². The lowest BCUT2D eigenvalue weighted by atomic mass is 10.1. The van der Waals surface area contributed by atoms with E-state index in [-0.39, 0.29) is 16.9 Å². The van der Waals surface area contributed by atoms with E-state index in [4.69, 9.17) is 9.47 Å². The van der Waals surface area contributed by atoms with Crippen molar-refractivity contribution in [3.63, 3.8) is 0 Å². The fourth-order valence-electron chi connectivity index (χ4n) is 1.41. The molecule has 1 atom stereocenters. The van der Waals surface area contributed by atoms with E-state index in [1.807, 2.05) is 20.8 Å². The number of benzene rings is 1. The average Bonchev–Trinajstić information content (AvgIpc) is 2.39. The molecule has 0 aromatic heterocycles. The molecular weight excluding hydrogens is 278 g/mol. The third-order valence-corrected chi connectivity index (χ3v) is 4.61. The first-order valence-corrected chi connectivity index (χ1v) is 8.09. The molecule has 6 heteroatoms. The summed E-state index contributed by atoms with van der Waals surface area (Å²) >= 11 is 0. The molecule has 1 rings (SSSR count). The maximum Gasteiger partial charge on any atom is 0.240 e. The Morgan fingerprint density at radius 2 is 1.70 bits per heavy atom. The summed E-state index contributed by atoms with van der Waals surface area (Å²) in [5.41, 5.74) is 0. The van der Waals surface area contributed by atoms with Crippen molar-refractivity contribution in [3.8, 4) is 5.75 Å². The highest BCUT2D eigenvalue weighted by Gasteiger charge is 2.19. The van der Waals surface area contributed by atoms with Gasteiger partial charge in [0.15, 0.2) is 0 Å². The van der Waals surface area contributed by atoms with Crippen molar-refractivity contribution in [1.82, 2.24) is 4.72 Å². The summed E-state index contributed by atoms with van der Waals surface area (Å²) < 4.78 is 37.2. The van der Waals surface area contributed by atoms with Crippen molar-refractivity contribution < 1.29 is 17.9 Å². The van der Waals surface area contributed by atoms with Crippen molar-refractivity contribution in [3.05, 3.63) is 24.3 Å². The van der Waals surface area contributed by atoms with Gasteiger partial charge < -0.3 is 9.47 Å². The molecule has 0 fully saturated rings. The molecule has 0 aliphatic rings. The van der Waals surface area contributed by atoms with E-state index >= 15 is 0 Å². The van der Waals surface area contributed by atoms with Gasteiger partial charge in [0.2, 0.25) is 10.0 Å². The first kappa shape index (κ1) is 16.9. The Morgan fingerprint density at radius 1 is 1.10 bits per heavy atom. The highest BCUT2D eigenvalue weighted by Crippen LogP contribution is 2.17. The van der Waals surface area contributed by atoms with E-state index in [0.717, 1.165) is 0 Å². The molecule has 0 aliphatic heterocycles. The Bertz CT molecular complexity index is 496. The predicted octanol–water partition coefficient (Wildman–Crippen LogP) is 2.03. The molecule has 0 amide bonds. The highest BCUT2D eigenvalue weighted by molar-refractivity contribution is 7.89. The summed E-state index contributed by atoms with van der Waals surface area (Å²) in [5, 5.41) is 0. The number of rotatable bonds is 8. The molecule has 1 unspecified atom stereocenters. The van der Waals surface area contributed by atoms with Gasteiger partial charge >= 0.3 is 0 Å². The zero-order valence-corrected chi connectivity index (χ0v) is 13.2. The molecule has 0 spiro atoms. The summed E-state index contributed by atoms with van der Waals surface area (Å²) in [7, 11) is -1.88. The molecule has 0 bridgehead atoms. The zero-order chi connectivity index (χ0) is 15.2. The molecule has 0 radical (unpaired) electrons. The standard InChI is InChI=1S/C14H23NO4S/c1-11(2)12(3)15-20(16,17)14-7-5-13(6-8-14)19-10-9-18-4/h5-8,11-12,15H,9-10H2,1-4H3. The highest BCUT2D eigenvalue weighted by atomic mass is 32.2. The van der Waals surface area contributed by atoms with Gasteiger partial charge in [-0.3, -0.25) is 0 Å². The van der Waals surface area contributed by atoms with Crippen LogP contribution in [-0.2, 0) is 14.8 Å². The summed E-state index contributed by atoms with van der Waals surface area (Å²) in [5.74, 6) is 0.860. The van der Waals surface area contributed by atoms with Gasteiger partial charge in [0.1, 0.15) is 12.4 Å². The topological polar surface area (TPSA) is 64.6 Å². The van der Waals surface area contributed by atoms with Gasteiger partial charge in [-0.15, -0.1) is 0 Å². The fraction of sp³-hybridized carbons (Fsp3) is 0.571. The van der Waals surface area contributed by atoms with Gasteiger partial charge in [0, 0.05) is 13.2 Å². The zero-order valence-electron chi connectivity index (χ0n) is 12.4. The molecule has 0 heterocycles. The largest absolute Gasteiger partial charge is 0.491 e. The van der Waals surface area contributed by atoms with E-state index in [2.05, 4.69) is 4.72 Å². The fourth-order valence-corrected chi connectivity index (χ4v) is 2.80. The summed E-state index contributed by atoms with van der Waals surface area (Å²) in [6.45, 7) is 6.73. The maximum absolute atomic E-state index is 12.1. The smallest absolute Gasteiger partial charge is 0.240 e. The number of hydrogen-bond acceptors (Lipinski definition) is 4. The molecular formula is C14H23NO4S. The predicted molar refractivity (Wildman–Crippen MR) is 78.4 cm³/mol. The molecule has 1 N–H and O–H groups in total. The Balaban J connectivity index is 2.71. The lowest BCUT2D eigenvalue weighted by molar-refractivity contribution is 0.146. The van der Waals surface area contributed by atoms with Gasteiger partial charge in [-0.1, -0.05) is 13.8 Å². The van der Waals surface area contributed by atoms with Crippen LogP contribution in [0.3, 0.4) is 0 Å². The normalized spacial score (nSPS) is 13.4. The minimum Gasteiger partial charge on any atom is -0.491 e. The van der Waals surface area contributed by atoms with Crippen LogP contribution in [0.25, 0.3) is 0 Å². The quantitative estimate of drug-likeness (QED) is 0.746. The van der Waals surface area contributed by atoms with Crippen LogP contribution in [0.4, 0.5) is 0 Å². The number of methoxy groups -OCH3 is 1. The van der Waals surface area contributed by atoms with Crippen molar-refractivity contribution in [2.45, 2.75) is 31.7 Å². The Labute approximate surface area is 121 Å². The molecule has 1 aromatic carbocycles. The maximum atomic E-state index is 12.1. The Morgan fingerprint density at radius 3 is 2.20 bits per heavy atom. The lowest BCUT2D eigenvalue weighted by Crippen LogP contribution is -2.36. The molecule has 0 aliphatic carbocycles. The molecule has 0 saturated carbocycles. The molecule has 114 valence electrons. The number of hydrogen-bond donors (Lipinski definition) is 1. The van der Waals surface area contributed by atoms with Gasteiger partial charge in [-0.2, -0.15) is 0 Å². The van der Waals surface area contributed by atoms with E-state index in [1.165, 1.54) is 12.1 Å². The third-order valence-electron chi connectivity index (χ3n) is 3.03. The number of nitrogens with one attached hydrogen (secondary N) is 1. The summed E-state index contributed by atoms with van der Waals surface area (Å²) in [4.78, 5) is 0.240. The van der Waals surface area contributed by atoms with Crippen LogP contribution >= 0.6 is 0 Å². The first-order valence-electron chi connectivity index (χ1n) is 6.61. The van der Waals surface area contributed by atoms with Crippen LogP contribution in [0.1, 0.15) is 20.8 Å². The van der Waals surface area contributed by atoms with E-state index in [1.54, 1.807) is 19.2 Å². The molecule has 0 saturated heterocycles. The third kappa shape index (κ3) is 5.11. The minimum absolute atomic E-state index is 0.113. The number of ether oxygens (including phenoxy) is 2. The lowest BCUT2D eigenvalue weighted by Gasteiger charge is -2.17. The second-order valence-corrected chi connectivity index (χ2v) is 6.68. The Kier molecular flexibility index (Phi) is 6.45. The average molecular weight is 301 g/mol. The first-order chi connectivity index (χ1) is 9.36. The Hall–Kier alpha value is -1.11. The summed E-state index contributed by atoms with van der Waals surface area (Å²) in [6, 6.07) is 6.25. The van der Waals surface area contributed by atoms with E-state index in [9.17, 15) is 8.42 Å². The van der Waals surface area contributed by atoms with Crippen molar-refractivity contribution in [2.75, 3.05) is 20.3 Å². The van der Waals surface area contributed by atoms with Gasteiger partial charge in [0.05, 0.1) is 11.5 Å². The SMILES string of the molecule is COCCOc1ccc(S(=O)(=O)NC(C)C(C)C)cc1. The molecule has 1 aromatic rings. The molecule has 5 nitrogen and oxygen atoms in total.